The van der Waals surface area contributed by atoms with E-state index in [1.807, 2.05) is 48.3 Å². The molecule has 2 aromatic carbocycles. The summed E-state index contributed by atoms with van der Waals surface area (Å²) in [6.07, 6.45) is 2.69. The number of hydrogen-bond donors (Lipinski definition) is 0. The first-order valence-corrected chi connectivity index (χ1v) is 13.0. The Morgan fingerprint density at radius 1 is 1.06 bits per heavy atom. The van der Waals surface area contributed by atoms with Crippen molar-refractivity contribution in [3.63, 3.8) is 0 Å². The van der Waals surface area contributed by atoms with E-state index in [1.165, 1.54) is 10.5 Å². The van der Waals surface area contributed by atoms with Crippen LogP contribution >= 0.6 is 0 Å². The number of benzene rings is 2. The molecule has 1 spiro atoms. The molecule has 0 saturated carbocycles. The predicted octanol–water partition coefficient (Wildman–Crippen LogP) is 3.38. The Bertz CT molecular complexity index is 1300. The number of para-hydroxylation sites is 1. The zero-order chi connectivity index (χ0) is 24.6. The van der Waals surface area contributed by atoms with Crippen LogP contribution in [0, 0.1) is 5.41 Å². The second-order valence-electron chi connectivity index (χ2n) is 9.24. The highest BCUT2D eigenvalue weighted by Gasteiger charge is 2.43. The molecule has 1 amide bonds. The fraction of sp³-hybridized carbons (Fsp3) is 0.360. The summed E-state index contributed by atoms with van der Waals surface area (Å²) in [5.74, 6) is 0.353. The molecule has 3 aromatic rings. The van der Waals surface area contributed by atoms with Crippen molar-refractivity contribution in [3.05, 3.63) is 66.6 Å². The Balaban J connectivity index is 1.38. The molecule has 0 aliphatic carbocycles. The average molecular weight is 497 g/mol. The van der Waals surface area contributed by atoms with E-state index in [-0.39, 0.29) is 16.6 Å². The molecule has 3 heterocycles. The van der Waals surface area contributed by atoms with E-state index in [9.17, 15) is 13.2 Å². The lowest BCUT2D eigenvalue weighted by molar-refractivity contribution is 0.0303. The fourth-order valence-electron chi connectivity index (χ4n) is 4.80. The Labute approximate surface area is 204 Å². The molecule has 1 fully saturated rings. The van der Waals surface area contributed by atoms with Gasteiger partial charge in [0.15, 0.2) is 0 Å². The van der Waals surface area contributed by atoms with Gasteiger partial charge in [0, 0.05) is 56.6 Å². The molecule has 10 heteroatoms. The molecule has 2 aliphatic heterocycles. The van der Waals surface area contributed by atoms with Crippen LogP contribution in [0.5, 0.6) is 5.75 Å². The van der Waals surface area contributed by atoms with Gasteiger partial charge in [-0.25, -0.2) is 12.7 Å². The Kier molecular flexibility index (Phi) is 6.02. The molecule has 1 aromatic heterocycles. The monoisotopic (exact) mass is 496 g/mol. The third kappa shape index (κ3) is 4.39. The number of sulfonamides is 1. The molecule has 1 saturated heterocycles. The van der Waals surface area contributed by atoms with Crippen molar-refractivity contribution >= 4 is 27.3 Å². The molecule has 0 radical (unpaired) electrons. The van der Waals surface area contributed by atoms with Crippen LogP contribution in [0.15, 0.2) is 70.2 Å². The van der Waals surface area contributed by atoms with Crippen molar-refractivity contribution in [3.8, 4) is 5.75 Å². The molecule has 5 rings (SSSR count). The van der Waals surface area contributed by atoms with Gasteiger partial charge in [-0.2, -0.15) is 0 Å². The van der Waals surface area contributed by atoms with Gasteiger partial charge in [0.1, 0.15) is 10.6 Å². The van der Waals surface area contributed by atoms with Gasteiger partial charge < -0.3 is 19.1 Å². The van der Waals surface area contributed by atoms with Gasteiger partial charge in [0.25, 0.3) is 5.91 Å². The lowest BCUT2D eigenvalue weighted by atomic mass is 9.79. The maximum Gasteiger partial charge on any atom is 0.292 e. The highest BCUT2D eigenvalue weighted by molar-refractivity contribution is 7.89. The van der Waals surface area contributed by atoms with Crippen molar-refractivity contribution in [1.82, 2.24) is 14.4 Å². The SMILES string of the molecule is CN(c1ccccc1)c1ccc2c(c1)S(=O)(=O)N(C)CC1(CCN(C(=O)c3ccno3)CC1)CO2. The number of likely N-dealkylation sites (tertiary alicyclic amines) is 1. The van der Waals surface area contributed by atoms with Crippen LogP contribution in [0.1, 0.15) is 23.4 Å². The molecule has 0 bridgehead atoms. The minimum Gasteiger partial charge on any atom is -0.492 e. The Morgan fingerprint density at radius 2 is 1.80 bits per heavy atom. The third-order valence-corrected chi connectivity index (χ3v) is 8.82. The van der Waals surface area contributed by atoms with Crippen LogP contribution in [0.25, 0.3) is 0 Å². The maximum atomic E-state index is 13.6. The maximum absolute atomic E-state index is 13.6. The Hall–Kier alpha value is -3.37. The molecule has 9 nitrogen and oxygen atoms in total. The van der Waals surface area contributed by atoms with Gasteiger partial charge in [-0.1, -0.05) is 23.4 Å². The number of aromatic nitrogens is 1. The summed E-state index contributed by atoms with van der Waals surface area (Å²) in [4.78, 5) is 16.4. The predicted molar refractivity (Wildman–Crippen MR) is 130 cm³/mol. The van der Waals surface area contributed by atoms with E-state index >= 15 is 0 Å². The van der Waals surface area contributed by atoms with E-state index in [4.69, 9.17) is 9.26 Å². The first-order valence-electron chi connectivity index (χ1n) is 11.5. The number of anilines is 2. The molecule has 2 aliphatic rings. The number of amides is 1. The normalized spacial score (nSPS) is 19.3. The molecule has 0 N–H and O–H groups in total. The number of piperidine rings is 1. The topological polar surface area (TPSA) is 96.2 Å². The van der Waals surface area contributed by atoms with Crippen LogP contribution < -0.4 is 9.64 Å². The minimum absolute atomic E-state index is 0.160. The summed E-state index contributed by atoms with van der Waals surface area (Å²) in [6.45, 7) is 1.67. The largest absolute Gasteiger partial charge is 0.492 e. The average Bonchev–Trinajstić information content (AvgIpc) is 3.42. The van der Waals surface area contributed by atoms with Crippen molar-refractivity contribution in [2.75, 3.05) is 45.2 Å². The van der Waals surface area contributed by atoms with Crippen LogP contribution in [0.2, 0.25) is 0 Å². The number of carbonyl (C=O) groups excluding carboxylic acids is 1. The lowest BCUT2D eigenvalue weighted by Gasteiger charge is -2.44. The van der Waals surface area contributed by atoms with Gasteiger partial charge >= 0.3 is 0 Å². The zero-order valence-electron chi connectivity index (χ0n) is 19.8. The second-order valence-corrected chi connectivity index (χ2v) is 11.3. The van der Waals surface area contributed by atoms with Gasteiger partial charge in [-0.15, -0.1) is 0 Å². The van der Waals surface area contributed by atoms with E-state index in [0.717, 1.165) is 11.4 Å². The van der Waals surface area contributed by atoms with Crippen molar-refractivity contribution < 1.29 is 22.5 Å². The molecular weight excluding hydrogens is 468 g/mol. The molecule has 0 atom stereocenters. The number of nitrogens with zero attached hydrogens (tertiary/aromatic N) is 4. The van der Waals surface area contributed by atoms with Crippen molar-refractivity contribution in [1.29, 1.82) is 0 Å². The minimum atomic E-state index is -3.78. The zero-order valence-corrected chi connectivity index (χ0v) is 20.6. The van der Waals surface area contributed by atoms with Crippen molar-refractivity contribution in [2.45, 2.75) is 17.7 Å². The highest BCUT2D eigenvalue weighted by Crippen LogP contribution is 2.40. The molecule has 35 heavy (non-hydrogen) atoms. The summed E-state index contributed by atoms with van der Waals surface area (Å²) in [7, 11) is -0.262. The van der Waals surface area contributed by atoms with Gasteiger partial charge in [0.05, 0.1) is 12.8 Å². The first-order chi connectivity index (χ1) is 16.8. The summed E-state index contributed by atoms with van der Waals surface area (Å²) < 4.78 is 39.8. The van der Waals surface area contributed by atoms with Gasteiger partial charge in [-0.3, -0.25) is 4.79 Å². The first kappa shape index (κ1) is 23.4. The van der Waals surface area contributed by atoms with E-state index < -0.39 is 15.4 Å². The van der Waals surface area contributed by atoms with Gasteiger partial charge in [-0.05, 0) is 43.2 Å². The summed E-state index contributed by atoms with van der Waals surface area (Å²) >= 11 is 0. The van der Waals surface area contributed by atoms with E-state index in [0.29, 0.717) is 44.8 Å². The molecular formula is C25H28N4O5S. The van der Waals surface area contributed by atoms with Crippen molar-refractivity contribution in [2.24, 2.45) is 5.41 Å². The number of rotatable bonds is 3. The quantitative estimate of drug-likeness (QED) is 0.548. The number of hydrogen-bond acceptors (Lipinski definition) is 7. The second kappa shape index (κ2) is 9.01. The Morgan fingerprint density at radius 3 is 2.49 bits per heavy atom. The third-order valence-electron chi connectivity index (χ3n) is 7.00. The summed E-state index contributed by atoms with van der Waals surface area (Å²) in [5.41, 5.74) is 1.32. The van der Waals surface area contributed by atoms with Crippen LogP contribution in [-0.2, 0) is 10.0 Å². The number of fused-ring (bicyclic) bond motifs is 1. The highest BCUT2D eigenvalue weighted by atomic mass is 32.2. The molecule has 0 unspecified atom stereocenters. The van der Waals surface area contributed by atoms with Crippen LogP contribution in [0.3, 0.4) is 0 Å². The summed E-state index contributed by atoms with van der Waals surface area (Å²) in [6, 6.07) is 16.6. The van der Waals surface area contributed by atoms with E-state index in [1.54, 1.807) is 30.1 Å². The standard InChI is InChI=1S/C25H28N4O5S/c1-27-17-25(11-14-29(15-12-25)24(30)22-10-13-26-34-22)18-33-21-9-8-20(16-23(21)35(27,31)32)28(2)19-6-4-3-5-7-19/h3-10,13,16H,11-12,14-15,17-18H2,1-2H3. The molecule has 184 valence electrons. The number of ether oxygens (including phenoxy) is 1. The smallest absolute Gasteiger partial charge is 0.292 e. The van der Waals surface area contributed by atoms with Crippen LogP contribution in [-0.4, -0.2) is 69.0 Å². The lowest BCUT2D eigenvalue weighted by Crippen LogP contribution is -2.51. The van der Waals surface area contributed by atoms with Crippen LogP contribution in [0.4, 0.5) is 11.4 Å². The fourth-order valence-corrected chi connectivity index (χ4v) is 6.23. The summed E-state index contributed by atoms with van der Waals surface area (Å²) in [5, 5.41) is 3.61. The number of carbonyl (C=O) groups is 1. The van der Waals surface area contributed by atoms with Gasteiger partial charge in [0.2, 0.25) is 15.8 Å². The van der Waals surface area contributed by atoms with E-state index in [2.05, 4.69) is 5.16 Å².